The summed E-state index contributed by atoms with van der Waals surface area (Å²) in [7, 11) is 0. The number of anilines is 1. The van der Waals surface area contributed by atoms with E-state index in [4.69, 9.17) is 17.4 Å². The van der Waals surface area contributed by atoms with E-state index in [2.05, 4.69) is 10.7 Å². The minimum atomic E-state index is -0.197. The number of aryl methyl sites for hydroxylation is 1. The first-order valence-electron chi connectivity index (χ1n) is 6.65. The molecule has 0 spiro atoms. The van der Waals surface area contributed by atoms with Crippen LogP contribution in [0.4, 0.5) is 5.69 Å². The van der Waals surface area contributed by atoms with Crippen LogP contribution >= 0.6 is 11.6 Å². The molecular weight excluding hydrogens is 286 g/mol. The maximum Gasteiger partial charge on any atom is 0.253 e. The number of carbonyl (C=O) groups is 1. The first-order valence-corrected chi connectivity index (χ1v) is 7.03. The van der Waals surface area contributed by atoms with Crippen molar-refractivity contribution in [3.63, 3.8) is 0 Å². The molecule has 2 rings (SSSR count). The van der Waals surface area contributed by atoms with Crippen molar-refractivity contribution in [3.8, 4) is 0 Å². The van der Waals surface area contributed by atoms with E-state index in [1.165, 1.54) is 0 Å². The Labute approximate surface area is 129 Å². The average Bonchev–Trinajstić information content (AvgIpc) is 2.47. The Hall–Kier alpha value is -2.04. The van der Waals surface area contributed by atoms with E-state index in [0.29, 0.717) is 16.3 Å². The molecule has 0 saturated carbocycles. The Morgan fingerprint density at radius 2 is 1.95 bits per heavy atom. The summed E-state index contributed by atoms with van der Waals surface area (Å²) >= 11 is 6.15. The van der Waals surface area contributed by atoms with Gasteiger partial charge in [0.15, 0.2) is 0 Å². The summed E-state index contributed by atoms with van der Waals surface area (Å²) < 4.78 is 0. The van der Waals surface area contributed by atoms with Crippen LogP contribution in [0, 0.1) is 6.92 Å². The Balaban J connectivity index is 2.22. The average molecular weight is 304 g/mol. The van der Waals surface area contributed by atoms with Gasteiger partial charge < -0.3 is 10.7 Å². The fourth-order valence-electron chi connectivity index (χ4n) is 2.15. The first-order chi connectivity index (χ1) is 10.0. The molecule has 0 fully saturated rings. The Kier molecular flexibility index (Phi) is 4.83. The van der Waals surface area contributed by atoms with Crippen molar-refractivity contribution in [1.82, 2.24) is 5.32 Å². The molecule has 0 aliphatic heterocycles. The number of hydrogen-bond acceptors (Lipinski definition) is 3. The summed E-state index contributed by atoms with van der Waals surface area (Å²) in [6.45, 7) is 3.82. The summed E-state index contributed by atoms with van der Waals surface area (Å²) in [4.78, 5) is 12.4. The normalized spacial score (nSPS) is 11.8. The number of amides is 1. The minimum absolute atomic E-state index is 0.195. The molecule has 110 valence electrons. The second-order valence-corrected chi connectivity index (χ2v) is 5.32. The highest BCUT2D eigenvalue weighted by molar-refractivity contribution is 6.31. The molecule has 4 N–H and O–H groups in total. The highest BCUT2D eigenvalue weighted by Gasteiger charge is 2.16. The molecule has 5 heteroatoms. The number of nitrogen functional groups attached to an aromatic ring is 1. The number of halogens is 1. The Morgan fingerprint density at radius 1 is 1.24 bits per heavy atom. The molecule has 2 aromatic rings. The zero-order valence-corrected chi connectivity index (χ0v) is 12.7. The number of benzene rings is 2. The molecule has 0 bridgehead atoms. The fraction of sp³-hybridized carbons (Fsp3) is 0.188. The summed E-state index contributed by atoms with van der Waals surface area (Å²) in [6, 6.07) is 12.7. The van der Waals surface area contributed by atoms with Gasteiger partial charge in [-0.25, -0.2) is 0 Å². The zero-order chi connectivity index (χ0) is 15.4. The lowest BCUT2D eigenvalue weighted by molar-refractivity contribution is 0.0940. The fourth-order valence-corrected chi connectivity index (χ4v) is 2.45. The van der Waals surface area contributed by atoms with Gasteiger partial charge in [-0.3, -0.25) is 10.6 Å². The lowest BCUT2D eigenvalue weighted by Crippen LogP contribution is -2.28. The molecule has 0 radical (unpaired) electrons. The highest BCUT2D eigenvalue weighted by atomic mass is 35.5. The molecule has 2 aromatic carbocycles. The Morgan fingerprint density at radius 3 is 2.62 bits per heavy atom. The van der Waals surface area contributed by atoms with E-state index in [1.807, 2.05) is 38.1 Å². The van der Waals surface area contributed by atoms with Crippen molar-refractivity contribution in [3.05, 3.63) is 64.2 Å². The van der Waals surface area contributed by atoms with E-state index in [9.17, 15) is 4.79 Å². The molecule has 1 amide bonds. The van der Waals surface area contributed by atoms with Gasteiger partial charge in [0.2, 0.25) is 0 Å². The maximum absolute atomic E-state index is 12.4. The van der Waals surface area contributed by atoms with E-state index in [0.717, 1.165) is 11.1 Å². The zero-order valence-electron chi connectivity index (χ0n) is 12.0. The second kappa shape index (κ2) is 6.61. The smallest absolute Gasteiger partial charge is 0.253 e. The SMILES string of the molecule is Cc1ccc(NN)c(C(=O)NC(C)c2ccccc2Cl)c1. The molecule has 0 saturated heterocycles. The first kappa shape index (κ1) is 15.4. The molecule has 1 unspecified atom stereocenters. The van der Waals surface area contributed by atoms with Crippen molar-refractivity contribution in [2.75, 3.05) is 5.43 Å². The van der Waals surface area contributed by atoms with Crippen LogP contribution in [0.5, 0.6) is 0 Å². The predicted octanol–water partition coefficient (Wildman–Crippen LogP) is 3.43. The van der Waals surface area contributed by atoms with Crippen LogP contribution in [-0.4, -0.2) is 5.91 Å². The standard InChI is InChI=1S/C16H18ClN3O/c1-10-7-8-15(20-18)13(9-10)16(21)19-11(2)12-5-3-4-6-14(12)17/h3-9,11,20H,18H2,1-2H3,(H,19,21). The molecule has 0 aliphatic carbocycles. The van der Waals surface area contributed by atoms with Gasteiger partial charge in [-0.05, 0) is 37.6 Å². The lowest BCUT2D eigenvalue weighted by atomic mass is 10.1. The maximum atomic E-state index is 12.4. The number of nitrogens with one attached hydrogen (secondary N) is 2. The lowest BCUT2D eigenvalue weighted by Gasteiger charge is -2.17. The topological polar surface area (TPSA) is 67.1 Å². The molecule has 0 heterocycles. The van der Waals surface area contributed by atoms with Crippen molar-refractivity contribution in [2.24, 2.45) is 5.84 Å². The predicted molar refractivity (Wildman–Crippen MR) is 86.3 cm³/mol. The van der Waals surface area contributed by atoms with Crippen LogP contribution in [-0.2, 0) is 0 Å². The third-order valence-electron chi connectivity index (χ3n) is 3.29. The van der Waals surface area contributed by atoms with Crippen LogP contribution in [0.1, 0.15) is 34.5 Å². The van der Waals surface area contributed by atoms with E-state index < -0.39 is 0 Å². The summed E-state index contributed by atoms with van der Waals surface area (Å²) in [6.07, 6.45) is 0. The third kappa shape index (κ3) is 3.54. The van der Waals surface area contributed by atoms with Crippen molar-refractivity contribution in [2.45, 2.75) is 19.9 Å². The largest absolute Gasteiger partial charge is 0.345 e. The molecule has 4 nitrogen and oxygen atoms in total. The van der Waals surface area contributed by atoms with E-state index in [1.54, 1.807) is 18.2 Å². The third-order valence-corrected chi connectivity index (χ3v) is 3.64. The minimum Gasteiger partial charge on any atom is -0.345 e. The molecule has 0 aliphatic rings. The van der Waals surface area contributed by atoms with Gasteiger partial charge >= 0.3 is 0 Å². The van der Waals surface area contributed by atoms with Crippen LogP contribution in [0.3, 0.4) is 0 Å². The summed E-state index contributed by atoms with van der Waals surface area (Å²) in [5.74, 6) is 5.26. The van der Waals surface area contributed by atoms with Crippen LogP contribution in [0.2, 0.25) is 5.02 Å². The monoisotopic (exact) mass is 303 g/mol. The van der Waals surface area contributed by atoms with Gasteiger partial charge in [-0.2, -0.15) is 0 Å². The molecule has 1 atom stereocenters. The molecular formula is C16H18ClN3O. The number of rotatable bonds is 4. The van der Waals surface area contributed by atoms with Crippen LogP contribution < -0.4 is 16.6 Å². The number of hydrogen-bond donors (Lipinski definition) is 3. The van der Waals surface area contributed by atoms with Gasteiger partial charge in [0, 0.05) is 5.02 Å². The number of carbonyl (C=O) groups excluding carboxylic acids is 1. The number of nitrogens with two attached hydrogens (primary N) is 1. The quantitative estimate of drug-likeness (QED) is 0.599. The summed E-state index contributed by atoms with van der Waals surface area (Å²) in [5, 5.41) is 3.57. The Bertz CT molecular complexity index is 658. The van der Waals surface area contributed by atoms with E-state index >= 15 is 0 Å². The highest BCUT2D eigenvalue weighted by Crippen LogP contribution is 2.23. The van der Waals surface area contributed by atoms with Crippen LogP contribution in [0.25, 0.3) is 0 Å². The van der Waals surface area contributed by atoms with Crippen molar-refractivity contribution >= 4 is 23.2 Å². The molecule has 0 aromatic heterocycles. The van der Waals surface area contributed by atoms with Gasteiger partial charge in [0.25, 0.3) is 5.91 Å². The van der Waals surface area contributed by atoms with Gasteiger partial charge in [-0.15, -0.1) is 0 Å². The van der Waals surface area contributed by atoms with Gasteiger partial charge in [-0.1, -0.05) is 41.4 Å². The van der Waals surface area contributed by atoms with Crippen molar-refractivity contribution < 1.29 is 4.79 Å². The van der Waals surface area contributed by atoms with E-state index in [-0.39, 0.29) is 11.9 Å². The van der Waals surface area contributed by atoms with Gasteiger partial charge in [0.1, 0.15) is 0 Å². The van der Waals surface area contributed by atoms with Crippen molar-refractivity contribution in [1.29, 1.82) is 0 Å². The second-order valence-electron chi connectivity index (χ2n) is 4.91. The van der Waals surface area contributed by atoms with Crippen LogP contribution in [0.15, 0.2) is 42.5 Å². The number of hydrazine groups is 1. The summed E-state index contributed by atoms with van der Waals surface area (Å²) in [5.41, 5.74) is 5.51. The van der Waals surface area contributed by atoms with Gasteiger partial charge in [0.05, 0.1) is 17.3 Å². The molecule has 21 heavy (non-hydrogen) atoms.